The van der Waals surface area contributed by atoms with Gasteiger partial charge in [-0.3, -0.25) is 9.74 Å². The van der Waals surface area contributed by atoms with E-state index in [1.165, 1.54) is 11.1 Å². The quantitative estimate of drug-likeness (QED) is 0.473. The Bertz CT molecular complexity index is 884. The smallest absolute Gasteiger partial charge is 0.341 e. The van der Waals surface area contributed by atoms with Gasteiger partial charge in [0.1, 0.15) is 6.61 Å². The number of hydrogen-bond acceptors (Lipinski definition) is 6. The van der Waals surface area contributed by atoms with Crippen molar-refractivity contribution in [1.29, 1.82) is 0 Å². The van der Waals surface area contributed by atoms with Crippen molar-refractivity contribution >= 4 is 0 Å². The Morgan fingerprint density at radius 1 is 1.21 bits per heavy atom. The molecule has 1 N–H and O–H groups in total. The largest absolute Gasteiger partial charge is 0.493 e. The lowest BCUT2D eigenvalue weighted by Crippen LogP contribution is -2.48. The average Bonchev–Trinajstić information content (AvgIpc) is 2.81. The molecule has 0 unspecified atom stereocenters. The molecule has 3 atom stereocenters. The fourth-order valence-electron chi connectivity index (χ4n) is 5.72. The minimum absolute atomic E-state index is 0.213. The zero-order valence-corrected chi connectivity index (χ0v) is 21.1. The molecule has 0 aromatic heterocycles. The molecule has 7 nitrogen and oxygen atoms in total. The predicted molar refractivity (Wildman–Crippen MR) is 130 cm³/mol. The van der Waals surface area contributed by atoms with E-state index in [1.807, 2.05) is 0 Å². The molecule has 3 aliphatic rings. The highest BCUT2D eigenvalue weighted by Gasteiger charge is 2.41. The van der Waals surface area contributed by atoms with Crippen molar-refractivity contribution in [3.63, 3.8) is 0 Å². The van der Waals surface area contributed by atoms with Crippen LogP contribution in [0.15, 0.2) is 12.1 Å². The first-order valence-corrected chi connectivity index (χ1v) is 12.6. The summed E-state index contributed by atoms with van der Waals surface area (Å²) in [7, 11) is 1.66. The minimum Gasteiger partial charge on any atom is -0.493 e. The van der Waals surface area contributed by atoms with E-state index in [-0.39, 0.29) is 17.6 Å². The van der Waals surface area contributed by atoms with Crippen LogP contribution in [0.5, 0.6) is 11.5 Å². The van der Waals surface area contributed by atoms with E-state index in [0.29, 0.717) is 56.7 Å². The van der Waals surface area contributed by atoms with Gasteiger partial charge in [-0.1, -0.05) is 20.8 Å². The van der Waals surface area contributed by atoms with Crippen LogP contribution in [0.1, 0.15) is 63.6 Å². The first-order chi connectivity index (χ1) is 16.2. The van der Waals surface area contributed by atoms with E-state index < -0.39 is 5.72 Å². The molecule has 0 spiro atoms. The number of nitrogens with zero attached hydrogens (tertiary/aromatic N) is 2. The van der Waals surface area contributed by atoms with Crippen LogP contribution in [0.4, 0.5) is 0 Å². The van der Waals surface area contributed by atoms with Crippen LogP contribution in [-0.4, -0.2) is 68.5 Å². The van der Waals surface area contributed by atoms with Gasteiger partial charge >= 0.3 is 5.72 Å². The first-order valence-electron chi connectivity index (χ1n) is 12.6. The average molecular weight is 473 g/mol. The highest BCUT2D eigenvalue weighted by Crippen LogP contribution is 2.44. The van der Waals surface area contributed by atoms with E-state index in [0.717, 1.165) is 32.4 Å². The van der Waals surface area contributed by atoms with Gasteiger partial charge < -0.3 is 24.1 Å². The number of benzene rings is 1. The summed E-state index contributed by atoms with van der Waals surface area (Å²) in [6.45, 7) is 18.0. The maximum absolute atomic E-state index is 10.9. The molecule has 3 aliphatic heterocycles. The van der Waals surface area contributed by atoms with Crippen molar-refractivity contribution in [3.05, 3.63) is 34.7 Å². The number of aliphatic hydroxyl groups is 1. The van der Waals surface area contributed by atoms with Gasteiger partial charge in [0.25, 0.3) is 0 Å². The van der Waals surface area contributed by atoms with Crippen LogP contribution in [0.2, 0.25) is 0 Å². The molecule has 1 aromatic carbocycles. The summed E-state index contributed by atoms with van der Waals surface area (Å²) >= 11 is 0. The summed E-state index contributed by atoms with van der Waals surface area (Å²) in [5, 5.41) is 10.9. The van der Waals surface area contributed by atoms with Crippen LogP contribution in [0.3, 0.4) is 0 Å². The zero-order chi connectivity index (χ0) is 24.3. The lowest BCUT2D eigenvalue weighted by molar-refractivity contribution is -0.0879. The first kappa shape index (κ1) is 25.2. The lowest BCUT2D eigenvalue weighted by Gasteiger charge is -2.47. The number of rotatable bonds is 7. The highest BCUT2D eigenvalue weighted by atomic mass is 16.6. The third-order valence-electron chi connectivity index (χ3n) is 7.44. The maximum Gasteiger partial charge on any atom is 0.341 e. The van der Waals surface area contributed by atoms with Crippen molar-refractivity contribution in [3.8, 4) is 11.5 Å². The van der Waals surface area contributed by atoms with Crippen LogP contribution < -0.4 is 9.47 Å². The fourth-order valence-corrected chi connectivity index (χ4v) is 5.72. The summed E-state index contributed by atoms with van der Waals surface area (Å²) < 4.78 is 23.0. The van der Waals surface area contributed by atoms with E-state index in [9.17, 15) is 5.11 Å². The molecular formula is C27H40N2O5. The van der Waals surface area contributed by atoms with Gasteiger partial charge in [-0.05, 0) is 53.9 Å². The zero-order valence-electron chi connectivity index (χ0n) is 21.1. The second-order valence-corrected chi connectivity index (χ2v) is 11.2. The second kappa shape index (κ2) is 10.4. The van der Waals surface area contributed by atoms with Gasteiger partial charge in [-0.25, -0.2) is 6.57 Å². The molecule has 0 aliphatic carbocycles. The molecule has 0 bridgehead atoms. The number of hydrogen-bond donors (Lipinski definition) is 1. The molecule has 4 rings (SSSR count). The van der Waals surface area contributed by atoms with E-state index >= 15 is 0 Å². The molecule has 0 saturated carbocycles. The minimum atomic E-state index is -0.780. The molecule has 2 saturated heterocycles. The van der Waals surface area contributed by atoms with Crippen molar-refractivity contribution in [2.24, 2.45) is 11.3 Å². The van der Waals surface area contributed by atoms with E-state index in [2.05, 4.69) is 42.6 Å². The summed E-state index contributed by atoms with van der Waals surface area (Å²) in [6.07, 6.45) is 3.66. The van der Waals surface area contributed by atoms with Gasteiger partial charge in [-0.2, -0.15) is 0 Å². The Morgan fingerprint density at radius 2 is 1.97 bits per heavy atom. The van der Waals surface area contributed by atoms with Crippen LogP contribution in [0.25, 0.3) is 4.85 Å². The normalized spacial score (nSPS) is 26.8. The number of methoxy groups -OCH3 is 1. The van der Waals surface area contributed by atoms with E-state index in [1.54, 1.807) is 7.11 Å². The molecule has 0 amide bonds. The Hall–Kier alpha value is -1.85. The monoisotopic (exact) mass is 472 g/mol. The van der Waals surface area contributed by atoms with Crippen molar-refractivity contribution < 1.29 is 24.1 Å². The molecule has 34 heavy (non-hydrogen) atoms. The summed E-state index contributed by atoms with van der Waals surface area (Å²) in [5.74, 6) is 1.73. The topological polar surface area (TPSA) is 64.8 Å². The third kappa shape index (κ3) is 5.68. The second-order valence-electron chi connectivity index (χ2n) is 11.2. The lowest BCUT2D eigenvalue weighted by atomic mass is 9.75. The van der Waals surface area contributed by atoms with Crippen molar-refractivity contribution in [1.82, 2.24) is 4.90 Å². The summed E-state index contributed by atoms with van der Waals surface area (Å²) in [4.78, 5) is 6.27. The maximum atomic E-state index is 10.9. The molecule has 0 radical (unpaired) electrons. The number of piperidine rings is 1. The van der Waals surface area contributed by atoms with Gasteiger partial charge in [0.2, 0.25) is 0 Å². The van der Waals surface area contributed by atoms with Gasteiger partial charge in [-0.15, -0.1) is 0 Å². The summed E-state index contributed by atoms with van der Waals surface area (Å²) in [5.41, 5.74) is 1.94. The van der Waals surface area contributed by atoms with Gasteiger partial charge in [0.05, 0.1) is 45.9 Å². The highest BCUT2D eigenvalue weighted by molar-refractivity contribution is 5.49. The van der Waals surface area contributed by atoms with E-state index in [4.69, 9.17) is 25.5 Å². The molecular weight excluding hydrogens is 432 g/mol. The SMILES string of the molecule is [C-]#[N+]C1(OCCOc2cc3c(cc2OC)[C@H]2C[C@@H](O)[C@H](CC(C)(C)C)CN2CC3)CCOCC1. The molecule has 1 aromatic rings. The van der Waals surface area contributed by atoms with Crippen molar-refractivity contribution in [2.45, 2.75) is 70.7 Å². The number of fused-ring (bicyclic) bond motifs is 3. The number of aliphatic hydroxyl groups excluding tert-OH is 1. The third-order valence-corrected chi connectivity index (χ3v) is 7.44. The summed E-state index contributed by atoms with van der Waals surface area (Å²) in [6, 6.07) is 4.41. The standard InChI is InChI=1S/C27H40N2O5/c1-26(2,3)17-20-18-29-9-6-19-14-25(24(31-5)15-21(19)22(29)16-23(20)30)33-12-13-34-27(28-4)7-10-32-11-8-27/h14-15,20,22-23,30H,6-13,16-18H2,1-3,5H3/t20-,22-,23-/m1/s1. The van der Waals surface area contributed by atoms with Crippen LogP contribution in [-0.2, 0) is 15.9 Å². The van der Waals surface area contributed by atoms with Crippen LogP contribution in [0, 0.1) is 17.9 Å². The Labute approximate surface area is 204 Å². The molecule has 2 fully saturated rings. The van der Waals surface area contributed by atoms with Crippen LogP contribution >= 0.6 is 0 Å². The van der Waals surface area contributed by atoms with Crippen molar-refractivity contribution in [2.75, 3.05) is 46.6 Å². The predicted octanol–water partition coefficient (Wildman–Crippen LogP) is 4.23. The van der Waals surface area contributed by atoms with Gasteiger partial charge in [0, 0.05) is 19.1 Å². The number of ether oxygens (including phenoxy) is 4. The molecule has 7 heteroatoms. The molecule has 3 heterocycles. The Kier molecular flexibility index (Phi) is 7.73. The fraction of sp³-hybridized carbons (Fsp3) is 0.741. The Morgan fingerprint density at radius 3 is 2.65 bits per heavy atom. The molecule has 188 valence electrons. The van der Waals surface area contributed by atoms with Gasteiger partial charge in [0.15, 0.2) is 11.5 Å². The Balaban J connectivity index is 1.41.